The number of phenols is 2. The van der Waals surface area contributed by atoms with Crippen molar-refractivity contribution in [1.82, 2.24) is 20.1 Å². The Morgan fingerprint density at radius 3 is 2.45 bits per heavy atom. The zero-order chi connectivity index (χ0) is 22.0. The summed E-state index contributed by atoms with van der Waals surface area (Å²) in [6.07, 6.45) is 4.06. The number of hydrogen-bond donors (Lipinski definition) is 3. The van der Waals surface area contributed by atoms with Gasteiger partial charge in [-0.3, -0.25) is 9.36 Å². The van der Waals surface area contributed by atoms with Crippen molar-refractivity contribution in [1.29, 1.82) is 0 Å². The van der Waals surface area contributed by atoms with E-state index in [-0.39, 0.29) is 23.2 Å². The molecule has 2 aromatic carbocycles. The van der Waals surface area contributed by atoms with Crippen LogP contribution >= 0.6 is 0 Å². The van der Waals surface area contributed by atoms with Crippen LogP contribution in [0.25, 0.3) is 17.1 Å². The first-order valence-electron chi connectivity index (χ1n) is 10.7. The highest BCUT2D eigenvalue weighted by atomic mass is 16.3. The first-order chi connectivity index (χ1) is 15.0. The van der Waals surface area contributed by atoms with Crippen LogP contribution in [0.1, 0.15) is 54.4 Å². The minimum atomic E-state index is -0.115. The molecular weight excluding hydrogens is 392 g/mol. The van der Waals surface area contributed by atoms with Crippen molar-refractivity contribution >= 4 is 6.29 Å². The molecule has 0 bridgehead atoms. The molecule has 162 valence electrons. The number of carbonyl (C=O) groups is 1. The molecule has 1 aromatic heterocycles. The normalized spacial score (nSPS) is 14.8. The van der Waals surface area contributed by atoms with Crippen LogP contribution in [0.15, 0.2) is 36.4 Å². The molecule has 0 atom stereocenters. The van der Waals surface area contributed by atoms with Gasteiger partial charge in [-0.2, -0.15) is 0 Å². The minimum Gasteiger partial charge on any atom is -0.508 e. The SMILES string of the molecule is CC(C)c1cc(-c2nnc(C=O)n2-c2ccc(CC3CCNCC3)cc2)c(O)cc1O. The summed E-state index contributed by atoms with van der Waals surface area (Å²) in [5.74, 6) is 1.16. The fraction of sp³-hybridized carbons (Fsp3) is 0.375. The Morgan fingerprint density at radius 1 is 1.10 bits per heavy atom. The van der Waals surface area contributed by atoms with Gasteiger partial charge < -0.3 is 15.5 Å². The number of phenolic OH excluding ortho intramolecular Hbond substituents is 2. The second kappa shape index (κ2) is 8.89. The van der Waals surface area contributed by atoms with E-state index in [9.17, 15) is 15.0 Å². The topological polar surface area (TPSA) is 100 Å². The zero-order valence-electron chi connectivity index (χ0n) is 17.9. The smallest absolute Gasteiger partial charge is 0.201 e. The molecule has 1 fully saturated rings. The molecule has 4 rings (SSSR count). The van der Waals surface area contributed by atoms with Gasteiger partial charge in [0.15, 0.2) is 12.1 Å². The molecule has 0 saturated carbocycles. The van der Waals surface area contributed by atoms with Crippen molar-refractivity contribution in [2.24, 2.45) is 5.92 Å². The lowest BCUT2D eigenvalue weighted by Gasteiger charge is -2.22. The second-order valence-corrected chi connectivity index (χ2v) is 8.48. The van der Waals surface area contributed by atoms with Crippen LogP contribution in [0.3, 0.4) is 0 Å². The van der Waals surface area contributed by atoms with E-state index in [4.69, 9.17) is 0 Å². The molecule has 0 unspecified atom stereocenters. The van der Waals surface area contributed by atoms with Gasteiger partial charge in [-0.1, -0.05) is 26.0 Å². The van der Waals surface area contributed by atoms with Crippen molar-refractivity contribution in [3.05, 3.63) is 53.3 Å². The van der Waals surface area contributed by atoms with Crippen LogP contribution in [0.5, 0.6) is 11.5 Å². The average Bonchev–Trinajstić information content (AvgIpc) is 3.18. The van der Waals surface area contributed by atoms with Crippen LogP contribution in [-0.4, -0.2) is 44.4 Å². The molecule has 3 N–H and O–H groups in total. The molecule has 0 radical (unpaired) electrons. The van der Waals surface area contributed by atoms with Crippen LogP contribution in [0.2, 0.25) is 0 Å². The molecule has 3 aromatic rings. The Morgan fingerprint density at radius 2 is 1.81 bits per heavy atom. The van der Waals surface area contributed by atoms with E-state index in [1.807, 2.05) is 26.0 Å². The third kappa shape index (κ3) is 4.32. The summed E-state index contributed by atoms with van der Waals surface area (Å²) in [5, 5.41) is 32.2. The second-order valence-electron chi connectivity index (χ2n) is 8.48. The predicted molar refractivity (Wildman–Crippen MR) is 119 cm³/mol. The van der Waals surface area contributed by atoms with E-state index < -0.39 is 0 Å². The number of benzene rings is 2. The fourth-order valence-corrected chi connectivity index (χ4v) is 4.24. The van der Waals surface area contributed by atoms with Gasteiger partial charge in [0.1, 0.15) is 11.5 Å². The third-order valence-electron chi connectivity index (χ3n) is 5.98. The molecule has 1 aliphatic rings. The van der Waals surface area contributed by atoms with Gasteiger partial charge in [-0.05, 0) is 73.5 Å². The number of rotatable bonds is 6. The van der Waals surface area contributed by atoms with Gasteiger partial charge in [0.05, 0.1) is 5.56 Å². The third-order valence-corrected chi connectivity index (χ3v) is 5.98. The Bertz CT molecular complexity index is 1070. The van der Waals surface area contributed by atoms with Crippen LogP contribution in [-0.2, 0) is 6.42 Å². The maximum absolute atomic E-state index is 11.7. The van der Waals surface area contributed by atoms with Gasteiger partial charge in [0.25, 0.3) is 0 Å². The molecular formula is C24H28N4O3. The predicted octanol–water partition coefficient (Wildman–Crippen LogP) is 3.82. The molecule has 1 aliphatic heterocycles. The highest BCUT2D eigenvalue weighted by molar-refractivity contribution is 5.76. The number of nitrogens with zero attached hydrogens (tertiary/aromatic N) is 3. The first-order valence-corrected chi connectivity index (χ1v) is 10.7. The molecule has 31 heavy (non-hydrogen) atoms. The van der Waals surface area contributed by atoms with E-state index in [2.05, 4.69) is 27.6 Å². The Kier molecular flexibility index (Phi) is 6.04. The summed E-state index contributed by atoms with van der Waals surface area (Å²) in [4.78, 5) is 11.7. The molecule has 0 spiro atoms. The van der Waals surface area contributed by atoms with Crippen molar-refractivity contribution in [3.8, 4) is 28.6 Å². The van der Waals surface area contributed by atoms with Gasteiger partial charge in [0, 0.05) is 11.8 Å². The number of piperidine rings is 1. The summed E-state index contributed by atoms with van der Waals surface area (Å²) in [7, 11) is 0. The van der Waals surface area contributed by atoms with Gasteiger partial charge in [-0.15, -0.1) is 10.2 Å². The number of aldehydes is 1. The van der Waals surface area contributed by atoms with E-state index >= 15 is 0 Å². The van der Waals surface area contributed by atoms with Gasteiger partial charge >= 0.3 is 0 Å². The number of nitrogens with one attached hydrogen (secondary N) is 1. The maximum Gasteiger partial charge on any atom is 0.201 e. The Balaban J connectivity index is 1.71. The Labute approximate surface area is 181 Å². The largest absolute Gasteiger partial charge is 0.508 e. The Hall–Kier alpha value is -3.19. The molecule has 0 amide bonds. The minimum absolute atomic E-state index is 0.0280. The van der Waals surface area contributed by atoms with Crippen molar-refractivity contribution in [2.75, 3.05) is 13.1 Å². The summed E-state index contributed by atoms with van der Waals surface area (Å²) in [6, 6.07) is 11.1. The lowest BCUT2D eigenvalue weighted by molar-refractivity contribution is 0.111. The van der Waals surface area contributed by atoms with Crippen molar-refractivity contribution in [3.63, 3.8) is 0 Å². The average molecular weight is 421 g/mol. The monoisotopic (exact) mass is 420 g/mol. The maximum atomic E-state index is 11.7. The highest BCUT2D eigenvalue weighted by Crippen LogP contribution is 2.38. The van der Waals surface area contributed by atoms with E-state index in [1.54, 1.807) is 10.6 Å². The molecule has 1 saturated heterocycles. The van der Waals surface area contributed by atoms with Gasteiger partial charge in [0.2, 0.25) is 5.82 Å². The standard InChI is InChI=1S/C24H28N4O3/c1-15(2)19-12-20(22(31)13-21(19)30)24-27-26-23(14-29)28(24)18-5-3-16(4-6-18)11-17-7-9-25-10-8-17/h3-6,12-15,17,25,30-31H,7-11H2,1-2H3. The summed E-state index contributed by atoms with van der Waals surface area (Å²) in [6.45, 7) is 6.06. The summed E-state index contributed by atoms with van der Waals surface area (Å²) < 4.78 is 1.64. The molecule has 0 aliphatic carbocycles. The van der Waals surface area contributed by atoms with E-state index in [0.29, 0.717) is 29.2 Å². The lowest BCUT2D eigenvalue weighted by Crippen LogP contribution is -2.28. The molecule has 7 nitrogen and oxygen atoms in total. The quantitative estimate of drug-likeness (QED) is 0.524. The van der Waals surface area contributed by atoms with Crippen molar-refractivity contribution < 1.29 is 15.0 Å². The summed E-state index contributed by atoms with van der Waals surface area (Å²) >= 11 is 0. The molecule has 7 heteroatoms. The molecule has 2 heterocycles. The van der Waals surface area contributed by atoms with Crippen LogP contribution < -0.4 is 5.32 Å². The lowest BCUT2D eigenvalue weighted by atomic mass is 9.91. The van der Waals surface area contributed by atoms with Gasteiger partial charge in [-0.25, -0.2) is 0 Å². The number of hydrogen-bond acceptors (Lipinski definition) is 6. The number of aromatic nitrogens is 3. The number of carbonyl (C=O) groups excluding carboxylic acids is 1. The van der Waals surface area contributed by atoms with Crippen molar-refractivity contribution in [2.45, 2.75) is 39.0 Å². The zero-order valence-corrected chi connectivity index (χ0v) is 17.9. The van der Waals surface area contributed by atoms with E-state index in [0.717, 1.165) is 25.2 Å². The first kappa shape index (κ1) is 21.1. The van der Waals surface area contributed by atoms with E-state index in [1.165, 1.54) is 24.5 Å². The fourth-order valence-electron chi connectivity index (χ4n) is 4.24. The number of aromatic hydroxyl groups is 2. The van der Waals surface area contributed by atoms with Crippen LogP contribution in [0, 0.1) is 5.92 Å². The highest BCUT2D eigenvalue weighted by Gasteiger charge is 2.21. The van der Waals surface area contributed by atoms with Crippen LogP contribution in [0.4, 0.5) is 0 Å². The summed E-state index contributed by atoms with van der Waals surface area (Å²) in [5.41, 5.74) is 3.11.